The molecule has 2 aromatic rings. The molecule has 1 atom stereocenters. The van der Waals surface area contributed by atoms with Crippen molar-refractivity contribution in [2.24, 2.45) is 0 Å². The normalized spacial score (nSPS) is 12.3. The van der Waals surface area contributed by atoms with Crippen molar-refractivity contribution in [2.45, 2.75) is 25.8 Å². The largest absolute Gasteiger partial charge is 0.310 e. The quantitative estimate of drug-likeness (QED) is 0.809. The lowest BCUT2D eigenvalue weighted by Gasteiger charge is -2.17. The lowest BCUT2D eigenvalue weighted by molar-refractivity contribution is 0.518. The van der Waals surface area contributed by atoms with Crippen molar-refractivity contribution < 1.29 is 4.39 Å². The smallest absolute Gasteiger partial charge is 0.123 e. The van der Waals surface area contributed by atoms with Gasteiger partial charge in [0.15, 0.2) is 0 Å². The van der Waals surface area contributed by atoms with Gasteiger partial charge < -0.3 is 5.32 Å². The van der Waals surface area contributed by atoms with Gasteiger partial charge in [-0.2, -0.15) is 0 Å². The molecule has 3 heteroatoms. The number of nitrogens with one attached hydrogen (secondary N) is 1. The summed E-state index contributed by atoms with van der Waals surface area (Å²) >= 11 is 5.86. The first-order valence-corrected chi connectivity index (χ1v) is 7.30. The van der Waals surface area contributed by atoms with Crippen molar-refractivity contribution in [2.75, 3.05) is 6.54 Å². The minimum absolute atomic E-state index is 0.180. The average Bonchev–Trinajstić information content (AvgIpc) is 2.45. The summed E-state index contributed by atoms with van der Waals surface area (Å²) in [6.45, 7) is 2.96. The van der Waals surface area contributed by atoms with E-state index >= 15 is 0 Å². The van der Waals surface area contributed by atoms with Crippen LogP contribution in [-0.4, -0.2) is 6.54 Å². The van der Waals surface area contributed by atoms with E-state index < -0.39 is 0 Å². The third kappa shape index (κ3) is 4.32. The highest BCUT2D eigenvalue weighted by atomic mass is 35.5. The Hall–Kier alpha value is -1.38. The molecule has 1 N–H and O–H groups in total. The van der Waals surface area contributed by atoms with Gasteiger partial charge >= 0.3 is 0 Å². The van der Waals surface area contributed by atoms with Gasteiger partial charge in [0.25, 0.3) is 0 Å². The molecule has 0 saturated carbocycles. The summed E-state index contributed by atoms with van der Waals surface area (Å²) in [6, 6.07) is 14.9. The summed E-state index contributed by atoms with van der Waals surface area (Å²) in [6.07, 6.45) is 1.87. The van der Waals surface area contributed by atoms with Crippen LogP contribution in [0.3, 0.4) is 0 Å². The summed E-state index contributed by atoms with van der Waals surface area (Å²) in [5.41, 5.74) is 2.25. The van der Waals surface area contributed by atoms with E-state index in [1.807, 2.05) is 30.3 Å². The summed E-state index contributed by atoms with van der Waals surface area (Å²) in [5.74, 6) is -0.180. The minimum Gasteiger partial charge on any atom is -0.310 e. The molecule has 0 aliphatic carbocycles. The van der Waals surface area contributed by atoms with Crippen LogP contribution in [0, 0.1) is 5.82 Å². The first kappa shape index (κ1) is 15.0. The highest BCUT2D eigenvalue weighted by molar-refractivity contribution is 6.30. The highest BCUT2D eigenvalue weighted by Gasteiger charge is 2.08. The lowest BCUT2D eigenvalue weighted by Crippen LogP contribution is -2.23. The number of rotatable bonds is 6. The summed E-state index contributed by atoms with van der Waals surface area (Å²) in [4.78, 5) is 0. The first-order valence-electron chi connectivity index (χ1n) is 6.92. The molecule has 2 rings (SSSR count). The molecule has 0 radical (unpaired) electrons. The Labute approximate surface area is 124 Å². The van der Waals surface area contributed by atoms with Crippen LogP contribution in [0.4, 0.5) is 4.39 Å². The Morgan fingerprint density at radius 1 is 1.15 bits per heavy atom. The lowest BCUT2D eigenvalue weighted by atomic mass is 10.0. The van der Waals surface area contributed by atoms with E-state index in [-0.39, 0.29) is 11.9 Å². The van der Waals surface area contributed by atoms with Gasteiger partial charge in [-0.05, 0) is 54.8 Å². The third-order valence-corrected chi connectivity index (χ3v) is 3.63. The van der Waals surface area contributed by atoms with Gasteiger partial charge in [0.05, 0.1) is 0 Å². The molecule has 0 fully saturated rings. The minimum atomic E-state index is -0.180. The zero-order valence-electron chi connectivity index (χ0n) is 11.6. The monoisotopic (exact) mass is 291 g/mol. The van der Waals surface area contributed by atoms with E-state index in [0.29, 0.717) is 0 Å². The van der Waals surface area contributed by atoms with Crippen LogP contribution in [0.1, 0.15) is 30.5 Å². The van der Waals surface area contributed by atoms with E-state index in [0.717, 1.165) is 30.0 Å². The number of hydrogen-bond acceptors (Lipinski definition) is 1. The topological polar surface area (TPSA) is 12.0 Å². The van der Waals surface area contributed by atoms with Crippen molar-refractivity contribution in [3.8, 4) is 0 Å². The first-order chi connectivity index (χ1) is 9.69. The maximum absolute atomic E-state index is 13.2. The number of benzene rings is 2. The summed E-state index contributed by atoms with van der Waals surface area (Å²) < 4.78 is 13.2. The van der Waals surface area contributed by atoms with Crippen molar-refractivity contribution in [1.29, 1.82) is 0 Å². The maximum atomic E-state index is 13.2. The summed E-state index contributed by atoms with van der Waals surface area (Å²) in [5, 5.41) is 4.23. The van der Waals surface area contributed by atoms with Crippen molar-refractivity contribution in [3.63, 3.8) is 0 Å². The Bertz CT molecular complexity index is 539. The predicted molar refractivity (Wildman–Crippen MR) is 82.6 cm³/mol. The van der Waals surface area contributed by atoms with Crippen molar-refractivity contribution in [3.05, 3.63) is 70.5 Å². The molecule has 2 aromatic carbocycles. The van der Waals surface area contributed by atoms with Gasteiger partial charge in [0.1, 0.15) is 5.82 Å². The molecule has 0 aliphatic rings. The van der Waals surface area contributed by atoms with Crippen LogP contribution in [0.15, 0.2) is 48.5 Å². The van der Waals surface area contributed by atoms with Gasteiger partial charge in [-0.1, -0.05) is 42.8 Å². The number of halogens is 2. The molecule has 0 bridgehead atoms. The van der Waals surface area contributed by atoms with Crippen molar-refractivity contribution in [1.82, 2.24) is 5.32 Å². The third-order valence-electron chi connectivity index (χ3n) is 3.38. The van der Waals surface area contributed by atoms with Crippen LogP contribution >= 0.6 is 11.6 Å². The van der Waals surface area contributed by atoms with E-state index in [9.17, 15) is 4.39 Å². The Morgan fingerprint density at radius 3 is 2.55 bits per heavy atom. The van der Waals surface area contributed by atoms with Crippen LogP contribution in [0.2, 0.25) is 5.02 Å². The fourth-order valence-electron chi connectivity index (χ4n) is 2.26. The van der Waals surface area contributed by atoms with Gasteiger partial charge in [0.2, 0.25) is 0 Å². The molecule has 0 spiro atoms. The van der Waals surface area contributed by atoms with Crippen LogP contribution in [-0.2, 0) is 6.42 Å². The predicted octanol–water partition coefficient (Wildman–Crippen LogP) is 4.76. The van der Waals surface area contributed by atoms with Crippen LogP contribution in [0.5, 0.6) is 0 Å². The Kier molecular flexibility index (Phi) is 5.57. The fraction of sp³-hybridized carbons (Fsp3) is 0.294. The van der Waals surface area contributed by atoms with E-state index in [1.165, 1.54) is 11.6 Å². The molecular formula is C17H19ClFN. The van der Waals surface area contributed by atoms with Crippen LogP contribution < -0.4 is 5.32 Å². The maximum Gasteiger partial charge on any atom is 0.123 e. The number of hydrogen-bond donors (Lipinski definition) is 1. The van der Waals surface area contributed by atoms with E-state index in [1.54, 1.807) is 12.1 Å². The molecule has 0 amide bonds. The van der Waals surface area contributed by atoms with Crippen LogP contribution in [0.25, 0.3) is 0 Å². The SMILES string of the molecule is CCC(NCCc1ccc(Cl)cc1)c1cccc(F)c1. The van der Waals surface area contributed by atoms with Gasteiger partial charge in [-0.3, -0.25) is 0 Å². The van der Waals surface area contributed by atoms with Gasteiger partial charge in [-0.25, -0.2) is 4.39 Å². The standard InChI is InChI=1S/C17H19ClFN/c1-2-17(14-4-3-5-16(19)12-14)20-11-10-13-6-8-15(18)9-7-13/h3-9,12,17,20H,2,10-11H2,1H3. The molecular weight excluding hydrogens is 273 g/mol. The Balaban J connectivity index is 1.89. The molecule has 106 valence electrons. The van der Waals surface area contributed by atoms with Crippen molar-refractivity contribution >= 4 is 11.6 Å². The second-order valence-electron chi connectivity index (χ2n) is 4.85. The Morgan fingerprint density at radius 2 is 1.90 bits per heavy atom. The zero-order chi connectivity index (χ0) is 14.4. The fourth-order valence-corrected chi connectivity index (χ4v) is 2.39. The second kappa shape index (κ2) is 7.41. The van der Waals surface area contributed by atoms with Gasteiger partial charge in [0, 0.05) is 11.1 Å². The highest BCUT2D eigenvalue weighted by Crippen LogP contribution is 2.17. The molecule has 1 nitrogen and oxygen atoms in total. The molecule has 0 saturated heterocycles. The van der Waals surface area contributed by atoms with E-state index in [2.05, 4.69) is 12.2 Å². The molecule has 0 heterocycles. The molecule has 0 aliphatic heterocycles. The second-order valence-corrected chi connectivity index (χ2v) is 5.28. The van der Waals surface area contributed by atoms with Gasteiger partial charge in [-0.15, -0.1) is 0 Å². The zero-order valence-corrected chi connectivity index (χ0v) is 12.3. The molecule has 1 unspecified atom stereocenters. The van der Waals surface area contributed by atoms with E-state index in [4.69, 9.17) is 11.6 Å². The molecule has 0 aromatic heterocycles. The molecule has 20 heavy (non-hydrogen) atoms. The summed E-state index contributed by atoms with van der Waals surface area (Å²) in [7, 11) is 0. The average molecular weight is 292 g/mol.